The Bertz CT molecular complexity index is 1420. The first kappa shape index (κ1) is 28.7. The lowest BCUT2D eigenvalue weighted by molar-refractivity contribution is -0.132. The molecule has 0 spiro atoms. The number of amides is 1. The molecule has 40 heavy (non-hydrogen) atoms. The van der Waals surface area contributed by atoms with Crippen molar-refractivity contribution in [1.82, 2.24) is 0 Å². The van der Waals surface area contributed by atoms with Crippen LogP contribution in [0.15, 0.2) is 72.3 Å². The highest BCUT2D eigenvalue weighted by Gasteiger charge is 2.47. The summed E-state index contributed by atoms with van der Waals surface area (Å²) in [4.78, 5) is 30.5. The predicted octanol–water partition coefficient (Wildman–Crippen LogP) is 6.51. The van der Waals surface area contributed by atoms with Crippen LogP contribution in [0.3, 0.4) is 0 Å². The molecule has 0 aliphatic carbocycles. The highest BCUT2D eigenvalue weighted by Crippen LogP contribution is 2.43. The van der Waals surface area contributed by atoms with Crippen LogP contribution in [0.2, 0.25) is 0 Å². The Balaban J connectivity index is 1.86. The van der Waals surface area contributed by atoms with Gasteiger partial charge in [-0.25, -0.2) is 0 Å². The summed E-state index contributed by atoms with van der Waals surface area (Å²) in [5, 5.41) is 11.6. The second-order valence-electron chi connectivity index (χ2n) is 11.0. The summed E-state index contributed by atoms with van der Waals surface area (Å²) in [6.07, 6.45) is -0.0559. The number of carbonyl (C=O) groups excluding carboxylic acids is 2. The van der Waals surface area contributed by atoms with Crippen LogP contribution in [0.5, 0.6) is 11.5 Å². The number of ketones is 1. The van der Waals surface area contributed by atoms with Gasteiger partial charge in [0.15, 0.2) is 0 Å². The molecule has 4 rings (SSSR count). The Morgan fingerprint density at radius 2 is 1.68 bits per heavy atom. The molecule has 1 amide bonds. The van der Waals surface area contributed by atoms with E-state index in [-0.39, 0.29) is 17.4 Å². The van der Waals surface area contributed by atoms with Crippen molar-refractivity contribution in [2.75, 3.05) is 30.5 Å². The number of aliphatic hydroxyl groups is 1. The van der Waals surface area contributed by atoms with Crippen LogP contribution in [0, 0.1) is 12.8 Å². The van der Waals surface area contributed by atoms with Crippen molar-refractivity contribution in [3.8, 4) is 11.5 Å². The van der Waals surface area contributed by atoms with E-state index in [0.717, 1.165) is 11.3 Å². The summed E-state index contributed by atoms with van der Waals surface area (Å²) in [5.41, 5.74) is 3.46. The highest BCUT2D eigenvalue weighted by molar-refractivity contribution is 6.51. The van der Waals surface area contributed by atoms with Gasteiger partial charge in [-0.05, 0) is 92.4 Å². The summed E-state index contributed by atoms with van der Waals surface area (Å²) >= 11 is 0. The maximum Gasteiger partial charge on any atom is 0.300 e. The maximum atomic E-state index is 13.6. The van der Waals surface area contributed by atoms with Gasteiger partial charge in [0.25, 0.3) is 11.7 Å². The van der Waals surface area contributed by atoms with Gasteiger partial charge in [-0.15, -0.1) is 0 Å². The van der Waals surface area contributed by atoms with Gasteiger partial charge >= 0.3 is 0 Å². The van der Waals surface area contributed by atoms with Crippen molar-refractivity contribution in [2.45, 2.75) is 46.8 Å². The molecular formula is C33H38N2O5. The van der Waals surface area contributed by atoms with Crippen molar-refractivity contribution < 1.29 is 24.2 Å². The smallest absolute Gasteiger partial charge is 0.300 e. The zero-order valence-corrected chi connectivity index (χ0v) is 24.3. The number of ether oxygens (including phenoxy) is 2. The largest absolute Gasteiger partial charge is 0.507 e. The minimum atomic E-state index is -0.849. The number of hydrogen-bond acceptors (Lipinski definition) is 6. The molecule has 210 valence electrons. The molecule has 3 aromatic rings. The molecule has 7 heteroatoms. The van der Waals surface area contributed by atoms with Crippen molar-refractivity contribution >= 4 is 28.8 Å². The molecule has 7 nitrogen and oxygen atoms in total. The molecule has 0 radical (unpaired) electrons. The normalized spacial score (nSPS) is 16.6. The van der Waals surface area contributed by atoms with E-state index in [1.54, 1.807) is 18.2 Å². The SMILES string of the molecule is Cc1cc(/C(O)=C2\C(=O)C(=O)N(c3ccc(N(C)C)cc3)C2c2cccc(OC(C)C)c2)ccc1OCC(C)C. The van der Waals surface area contributed by atoms with E-state index in [0.29, 0.717) is 40.8 Å². The van der Waals surface area contributed by atoms with Gasteiger partial charge in [-0.3, -0.25) is 14.5 Å². The lowest BCUT2D eigenvalue weighted by Crippen LogP contribution is -2.29. The topological polar surface area (TPSA) is 79.3 Å². The van der Waals surface area contributed by atoms with Gasteiger partial charge in [0, 0.05) is 31.0 Å². The first-order valence-corrected chi connectivity index (χ1v) is 13.6. The predicted molar refractivity (Wildman–Crippen MR) is 159 cm³/mol. The van der Waals surface area contributed by atoms with Crippen LogP contribution in [0.1, 0.15) is 50.4 Å². The minimum absolute atomic E-state index is 0.0265. The van der Waals surface area contributed by atoms with Crippen LogP contribution in [0.25, 0.3) is 5.76 Å². The molecule has 3 aromatic carbocycles. The van der Waals surface area contributed by atoms with Crippen LogP contribution >= 0.6 is 0 Å². The van der Waals surface area contributed by atoms with Gasteiger partial charge in [0.05, 0.1) is 24.3 Å². The molecule has 0 bridgehead atoms. The number of rotatable bonds is 9. The monoisotopic (exact) mass is 542 g/mol. The first-order valence-electron chi connectivity index (χ1n) is 13.6. The lowest BCUT2D eigenvalue weighted by atomic mass is 9.94. The quantitative estimate of drug-likeness (QED) is 0.189. The van der Waals surface area contributed by atoms with Crippen molar-refractivity contribution in [2.24, 2.45) is 5.92 Å². The Morgan fingerprint density at radius 1 is 0.975 bits per heavy atom. The fourth-order valence-electron chi connectivity index (χ4n) is 4.73. The van der Waals surface area contributed by atoms with Gasteiger partial charge < -0.3 is 19.5 Å². The van der Waals surface area contributed by atoms with Crippen LogP contribution in [-0.4, -0.2) is 43.6 Å². The summed E-state index contributed by atoms with van der Waals surface area (Å²) in [6, 6.07) is 19.2. The van der Waals surface area contributed by atoms with E-state index in [9.17, 15) is 14.7 Å². The van der Waals surface area contributed by atoms with Crippen molar-refractivity contribution in [3.63, 3.8) is 0 Å². The summed E-state index contributed by atoms with van der Waals surface area (Å²) in [7, 11) is 3.87. The zero-order valence-electron chi connectivity index (χ0n) is 24.3. The Morgan fingerprint density at radius 3 is 2.27 bits per heavy atom. The van der Waals surface area contributed by atoms with Crippen molar-refractivity contribution in [1.29, 1.82) is 0 Å². The molecule has 1 atom stereocenters. The standard InChI is InChI=1S/C33H38N2O5/c1-20(2)19-39-28-16-11-24(17-22(28)5)31(36)29-30(23-9-8-10-27(18-23)40-21(3)4)35(33(38)32(29)37)26-14-12-25(13-15-26)34(6)7/h8-18,20-21,30,36H,19H2,1-7H3/b31-29+. The summed E-state index contributed by atoms with van der Waals surface area (Å²) in [6.45, 7) is 10.5. The Kier molecular flexibility index (Phi) is 8.52. The number of aliphatic hydroxyl groups excluding tert-OH is 1. The number of benzene rings is 3. The van der Waals surface area contributed by atoms with E-state index >= 15 is 0 Å². The number of Topliss-reactive ketones (excluding diaryl/α,β-unsaturated/α-hetero) is 1. The fourth-order valence-corrected chi connectivity index (χ4v) is 4.73. The number of carbonyl (C=O) groups is 2. The van der Waals surface area contributed by atoms with E-state index in [1.165, 1.54) is 4.90 Å². The molecule has 1 heterocycles. The zero-order chi connectivity index (χ0) is 29.1. The van der Waals surface area contributed by atoms with Gasteiger partial charge in [-0.2, -0.15) is 0 Å². The third-order valence-electron chi connectivity index (χ3n) is 6.65. The maximum absolute atomic E-state index is 13.6. The average Bonchev–Trinajstić information content (AvgIpc) is 3.17. The van der Waals surface area contributed by atoms with E-state index in [4.69, 9.17) is 9.47 Å². The third-order valence-corrected chi connectivity index (χ3v) is 6.65. The second kappa shape index (κ2) is 11.9. The highest BCUT2D eigenvalue weighted by atomic mass is 16.5. The molecule has 1 unspecified atom stereocenters. The molecule has 1 N–H and O–H groups in total. The molecule has 0 aromatic heterocycles. The molecule has 0 saturated carbocycles. The van der Waals surface area contributed by atoms with Crippen LogP contribution < -0.4 is 19.3 Å². The van der Waals surface area contributed by atoms with Crippen LogP contribution in [-0.2, 0) is 9.59 Å². The third kappa shape index (κ3) is 5.98. The van der Waals surface area contributed by atoms with Crippen LogP contribution in [0.4, 0.5) is 11.4 Å². The number of hydrogen-bond donors (Lipinski definition) is 1. The Labute approximate surface area is 236 Å². The van der Waals surface area contributed by atoms with Crippen molar-refractivity contribution in [3.05, 3.63) is 89.0 Å². The van der Waals surface area contributed by atoms with E-state index in [2.05, 4.69) is 13.8 Å². The van der Waals surface area contributed by atoms with E-state index < -0.39 is 17.7 Å². The lowest BCUT2D eigenvalue weighted by Gasteiger charge is -2.26. The molecule has 1 saturated heterocycles. The molecular weight excluding hydrogens is 504 g/mol. The number of anilines is 2. The summed E-state index contributed by atoms with van der Waals surface area (Å²) in [5.74, 6) is 0.0144. The second-order valence-corrected chi connectivity index (χ2v) is 11.0. The average molecular weight is 543 g/mol. The minimum Gasteiger partial charge on any atom is -0.507 e. The molecule has 1 aliphatic heterocycles. The van der Waals surface area contributed by atoms with Gasteiger partial charge in [-0.1, -0.05) is 26.0 Å². The Hall–Kier alpha value is -4.26. The summed E-state index contributed by atoms with van der Waals surface area (Å²) < 4.78 is 11.8. The fraction of sp³-hybridized carbons (Fsp3) is 0.333. The van der Waals surface area contributed by atoms with Gasteiger partial charge in [0.1, 0.15) is 17.3 Å². The first-order chi connectivity index (χ1) is 19.0. The molecule has 1 aliphatic rings. The van der Waals surface area contributed by atoms with Gasteiger partial charge in [0.2, 0.25) is 0 Å². The van der Waals surface area contributed by atoms with E-state index in [1.807, 2.05) is 88.3 Å². The number of nitrogens with zero attached hydrogens (tertiary/aromatic N) is 2. The molecule has 1 fully saturated rings. The number of aryl methyl sites for hydroxylation is 1.